The first-order valence-electron chi connectivity index (χ1n) is 4.87. The number of hydrazone groups is 1. The summed E-state index contributed by atoms with van der Waals surface area (Å²) < 4.78 is 0. The molecule has 0 aromatic rings. The van der Waals surface area contributed by atoms with Crippen LogP contribution in [0.2, 0.25) is 0 Å². The summed E-state index contributed by atoms with van der Waals surface area (Å²) in [5.74, 6) is -0.249. The number of aliphatic hydroxyl groups is 3. The van der Waals surface area contributed by atoms with Crippen LogP contribution in [0.3, 0.4) is 0 Å². The minimum Gasteiger partial charge on any atom is -0.394 e. The van der Waals surface area contributed by atoms with Crippen LogP contribution in [0.4, 0.5) is 4.79 Å². The van der Waals surface area contributed by atoms with Gasteiger partial charge in [-0.05, 0) is 6.92 Å². The van der Waals surface area contributed by atoms with Gasteiger partial charge in [0.2, 0.25) is 0 Å². The van der Waals surface area contributed by atoms with Crippen molar-refractivity contribution in [3.05, 3.63) is 0 Å². The second-order valence-electron chi connectivity index (χ2n) is 3.44. The molecule has 0 unspecified atom stereocenters. The summed E-state index contributed by atoms with van der Waals surface area (Å²) in [5, 5.41) is 39.5. The van der Waals surface area contributed by atoms with E-state index in [9.17, 15) is 4.79 Å². The molecular formula is C8H17N5O5. The van der Waals surface area contributed by atoms with Crippen LogP contribution >= 0.6 is 0 Å². The minimum absolute atomic E-state index is 0.0241. The number of nitrogens with zero attached hydrogens (tertiary/aromatic N) is 2. The number of carbonyl (C=O) groups excluding carboxylic acids is 1. The molecule has 0 heterocycles. The Balaban J connectivity index is 5.16. The molecule has 10 heteroatoms. The van der Waals surface area contributed by atoms with Crippen LogP contribution in [-0.4, -0.2) is 63.5 Å². The molecule has 0 saturated heterocycles. The van der Waals surface area contributed by atoms with Crippen LogP contribution < -0.4 is 16.6 Å². The fourth-order valence-electron chi connectivity index (χ4n) is 0.872. The van der Waals surface area contributed by atoms with Crippen molar-refractivity contribution in [2.75, 3.05) is 19.8 Å². The lowest BCUT2D eigenvalue weighted by atomic mass is 10.0. The van der Waals surface area contributed by atoms with Gasteiger partial charge in [0.15, 0.2) is 5.84 Å². The molecule has 0 radical (unpaired) electrons. The highest BCUT2D eigenvalue weighted by Gasteiger charge is 2.28. The molecule has 0 aliphatic carbocycles. The van der Waals surface area contributed by atoms with E-state index in [2.05, 4.69) is 10.1 Å². The number of primary amides is 1. The Morgan fingerprint density at radius 1 is 1.28 bits per heavy atom. The smallest absolute Gasteiger partial charge is 0.332 e. The molecule has 0 bridgehead atoms. The Hall–Kier alpha value is -1.75. The van der Waals surface area contributed by atoms with E-state index in [4.69, 9.17) is 26.3 Å². The molecule has 18 heavy (non-hydrogen) atoms. The number of hydroxylamine groups is 1. The van der Waals surface area contributed by atoms with Gasteiger partial charge >= 0.3 is 6.03 Å². The van der Waals surface area contributed by atoms with Gasteiger partial charge in [0.1, 0.15) is 11.3 Å². The first-order valence-corrected chi connectivity index (χ1v) is 4.87. The lowest BCUT2D eigenvalue weighted by Crippen LogP contribution is -2.43. The first-order chi connectivity index (χ1) is 8.44. The topological polar surface area (TPSA) is 173 Å². The van der Waals surface area contributed by atoms with Gasteiger partial charge < -0.3 is 21.1 Å². The molecule has 0 atom stereocenters. The van der Waals surface area contributed by atoms with Crippen LogP contribution in [0.25, 0.3) is 0 Å². The highest BCUT2D eigenvalue weighted by Crippen LogP contribution is 2.08. The van der Waals surface area contributed by atoms with Gasteiger partial charge in [-0.3, -0.25) is 15.7 Å². The highest BCUT2D eigenvalue weighted by atomic mass is 16.5. The van der Waals surface area contributed by atoms with E-state index in [1.54, 1.807) is 5.48 Å². The highest BCUT2D eigenvalue weighted by molar-refractivity contribution is 6.40. The monoisotopic (exact) mass is 263 g/mol. The van der Waals surface area contributed by atoms with Gasteiger partial charge in [-0.2, -0.15) is 5.10 Å². The summed E-state index contributed by atoms with van der Waals surface area (Å²) in [4.78, 5) is 14.2. The molecule has 0 aliphatic rings. The fraction of sp³-hybridized carbons (Fsp3) is 0.625. The summed E-state index contributed by atoms with van der Waals surface area (Å²) in [6, 6.07) is -0.913. The van der Waals surface area contributed by atoms with E-state index >= 15 is 0 Å². The van der Waals surface area contributed by atoms with E-state index in [-0.39, 0.29) is 11.5 Å². The molecule has 8 N–H and O–H groups in total. The van der Waals surface area contributed by atoms with Crippen LogP contribution in [0.5, 0.6) is 0 Å². The molecule has 2 amide bonds. The Kier molecular flexibility index (Phi) is 6.82. The minimum atomic E-state index is -1.57. The SMILES string of the molecule is C/C(=N/NC(N)=O)C(=NC(CO)(CO)CO)NO. The van der Waals surface area contributed by atoms with Crippen LogP contribution in [0, 0.1) is 0 Å². The van der Waals surface area contributed by atoms with E-state index in [0.717, 1.165) is 0 Å². The predicted molar refractivity (Wildman–Crippen MR) is 62.2 cm³/mol. The van der Waals surface area contributed by atoms with Crippen LogP contribution in [0.1, 0.15) is 6.92 Å². The summed E-state index contributed by atoms with van der Waals surface area (Å²) in [6.45, 7) is -0.583. The lowest BCUT2D eigenvalue weighted by Gasteiger charge is -2.23. The Morgan fingerprint density at radius 2 is 1.78 bits per heavy atom. The zero-order valence-corrected chi connectivity index (χ0v) is 9.79. The Morgan fingerprint density at radius 3 is 2.11 bits per heavy atom. The maximum absolute atomic E-state index is 10.4. The molecule has 0 rings (SSSR count). The van der Waals surface area contributed by atoms with E-state index < -0.39 is 31.4 Å². The number of hydrogen-bond acceptors (Lipinski definition) is 7. The van der Waals surface area contributed by atoms with Gasteiger partial charge in [0, 0.05) is 0 Å². The first kappa shape index (κ1) is 16.2. The van der Waals surface area contributed by atoms with Crippen molar-refractivity contribution >= 4 is 17.6 Å². The van der Waals surface area contributed by atoms with E-state index in [1.807, 2.05) is 5.43 Å². The van der Waals surface area contributed by atoms with Crippen molar-refractivity contribution in [3.63, 3.8) is 0 Å². The number of amidine groups is 1. The van der Waals surface area contributed by atoms with Crippen molar-refractivity contribution in [3.8, 4) is 0 Å². The van der Waals surface area contributed by atoms with Crippen molar-refractivity contribution in [2.45, 2.75) is 12.5 Å². The third-order valence-electron chi connectivity index (χ3n) is 2.01. The van der Waals surface area contributed by atoms with E-state index in [1.165, 1.54) is 6.92 Å². The fourth-order valence-corrected chi connectivity index (χ4v) is 0.872. The summed E-state index contributed by atoms with van der Waals surface area (Å²) in [6.07, 6.45) is 0. The number of aliphatic hydroxyl groups excluding tert-OH is 3. The summed E-state index contributed by atoms with van der Waals surface area (Å²) in [7, 11) is 0. The van der Waals surface area contributed by atoms with Crippen LogP contribution in [0.15, 0.2) is 10.1 Å². The summed E-state index contributed by atoms with van der Waals surface area (Å²) >= 11 is 0. The second kappa shape index (κ2) is 7.55. The number of amides is 2. The van der Waals surface area contributed by atoms with Gasteiger partial charge in [-0.25, -0.2) is 10.2 Å². The predicted octanol–water partition coefficient (Wildman–Crippen LogP) is -2.88. The molecule has 0 aromatic carbocycles. The average molecular weight is 263 g/mol. The zero-order chi connectivity index (χ0) is 14.2. The number of urea groups is 1. The average Bonchev–Trinajstić information content (AvgIpc) is 2.38. The number of aliphatic imine (C=N–C) groups is 1. The van der Waals surface area contributed by atoms with Gasteiger partial charge in [-0.1, -0.05) is 0 Å². The molecule has 10 nitrogen and oxygen atoms in total. The third kappa shape index (κ3) is 4.63. The lowest BCUT2D eigenvalue weighted by molar-refractivity contribution is 0.0705. The van der Waals surface area contributed by atoms with E-state index in [0.29, 0.717) is 0 Å². The van der Waals surface area contributed by atoms with Gasteiger partial charge in [0.05, 0.1) is 19.8 Å². The maximum atomic E-state index is 10.4. The van der Waals surface area contributed by atoms with Gasteiger partial charge in [-0.15, -0.1) is 0 Å². The van der Waals surface area contributed by atoms with Crippen molar-refractivity contribution in [1.82, 2.24) is 10.9 Å². The van der Waals surface area contributed by atoms with Gasteiger partial charge in [0.25, 0.3) is 0 Å². The normalized spacial score (nSPS) is 13.4. The molecule has 0 saturated carbocycles. The standard InChI is InChI=1S/C8H17N5O5/c1-5(11-12-7(9)17)6(13-18)10-8(2-14,3-15)4-16/h14-16,18H,2-4H2,1H3,(H,10,13)(H3,9,12,17)/b11-5-. The molecule has 0 fully saturated rings. The molecular weight excluding hydrogens is 246 g/mol. The number of rotatable bonds is 6. The van der Waals surface area contributed by atoms with Crippen molar-refractivity contribution in [1.29, 1.82) is 0 Å². The van der Waals surface area contributed by atoms with Crippen molar-refractivity contribution < 1.29 is 25.3 Å². The molecule has 0 aromatic heterocycles. The largest absolute Gasteiger partial charge is 0.394 e. The number of hydrogen-bond donors (Lipinski definition) is 7. The number of nitrogens with one attached hydrogen (secondary N) is 2. The summed E-state index contributed by atoms with van der Waals surface area (Å²) in [5.41, 5.74) is 6.82. The molecule has 0 aliphatic heterocycles. The second-order valence-corrected chi connectivity index (χ2v) is 3.44. The van der Waals surface area contributed by atoms with Crippen molar-refractivity contribution in [2.24, 2.45) is 15.8 Å². The quantitative estimate of drug-likeness (QED) is 0.154. The van der Waals surface area contributed by atoms with Crippen LogP contribution in [-0.2, 0) is 0 Å². The zero-order valence-electron chi connectivity index (χ0n) is 9.79. The molecule has 0 spiro atoms. The number of carbonyl (C=O) groups is 1. The Bertz CT molecular complexity index is 331. The number of nitrogens with two attached hydrogens (primary N) is 1. The Labute approximate surface area is 103 Å². The third-order valence-corrected chi connectivity index (χ3v) is 2.01. The molecule has 104 valence electrons. The maximum Gasteiger partial charge on any atom is 0.332 e.